The summed E-state index contributed by atoms with van der Waals surface area (Å²) < 4.78 is 0. The molecule has 0 radical (unpaired) electrons. The van der Waals surface area contributed by atoms with Crippen LogP contribution in [0.25, 0.3) is 16.7 Å². The SMILES string of the molecule is CCCCCC1CC=C(c2ccc(-c3ccc(CC)cc3)cc2)CC1. The van der Waals surface area contributed by atoms with E-state index in [2.05, 4.69) is 68.5 Å². The van der Waals surface area contributed by atoms with Crippen LogP contribution in [0.4, 0.5) is 0 Å². The first-order valence-electron chi connectivity index (χ1n) is 10.2. The van der Waals surface area contributed by atoms with Crippen LogP contribution < -0.4 is 0 Å². The molecule has 0 heteroatoms. The smallest absolute Gasteiger partial charge is 0.0184 e. The molecule has 1 unspecified atom stereocenters. The van der Waals surface area contributed by atoms with Gasteiger partial charge in [-0.15, -0.1) is 0 Å². The molecule has 0 saturated carbocycles. The highest BCUT2D eigenvalue weighted by Gasteiger charge is 2.15. The molecule has 0 N–H and O–H groups in total. The summed E-state index contributed by atoms with van der Waals surface area (Å²) in [6.07, 6.45) is 13.1. The number of hydrogen-bond donors (Lipinski definition) is 0. The van der Waals surface area contributed by atoms with E-state index in [1.54, 1.807) is 5.57 Å². The predicted octanol–water partition coefficient (Wildman–Crippen LogP) is 7.68. The molecular weight excluding hydrogens is 300 g/mol. The summed E-state index contributed by atoms with van der Waals surface area (Å²) in [5.41, 5.74) is 7.01. The van der Waals surface area contributed by atoms with Gasteiger partial charge in [-0.1, -0.05) is 94.1 Å². The monoisotopic (exact) mass is 332 g/mol. The number of hydrogen-bond acceptors (Lipinski definition) is 0. The molecule has 2 aromatic rings. The molecule has 0 amide bonds. The Bertz CT molecular complexity index is 673. The number of rotatable bonds is 7. The van der Waals surface area contributed by atoms with Gasteiger partial charge in [-0.05, 0) is 59.4 Å². The average Bonchev–Trinajstić information content (AvgIpc) is 2.69. The molecule has 0 bridgehead atoms. The van der Waals surface area contributed by atoms with Gasteiger partial charge in [0.25, 0.3) is 0 Å². The van der Waals surface area contributed by atoms with Gasteiger partial charge in [-0.3, -0.25) is 0 Å². The Kier molecular flexibility index (Phi) is 6.50. The summed E-state index contributed by atoms with van der Waals surface area (Å²) in [6.45, 7) is 4.50. The predicted molar refractivity (Wildman–Crippen MR) is 111 cm³/mol. The van der Waals surface area contributed by atoms with Crippen molar-refractivity contribution in [3.63, 3.8) is 0 Å². The van der Waals surface area contributed by atoms with Crippen LogP contribution in [0.15, 0.2) is 54.6 Å². The summed E-state index contributed by atoms with van der Waals surface area (Å²) in [7, 11) is 0. The third kappa shape index (κ3) is 4.84. The highest BCUT2D eigenvalue weighted by atomic mass is 14.2. The molecule has 1 atom stereocenters. The summed E-state index contributed by atoms with van der Waals surface area (Å²) in [5.74, 6) is 0.923. The second kappa shape index (κ2) is 9.04. The Morgan fingerprint density at radius 1 is 0.800 bits per heavy atom. The fourth-order valence-electron chi connectivity index (χ4n) is 3.91. The van der Waals surface area contributed by atoms with Crippen LogP contribution in [0.5, 0.6) is 0 Å². The van der Waals surface area contributed by atoms with Crippen molar-refractivity contribution in [2.45, 2.75) is 65.2 Å². The molecule has 0 saturated heterocycles. The van der Waals surface area contributed by atoms with Crippen molar-refractivity contribution < 1.29 is 0 Å². The third-order valence-corrected chi connectivity index (χ3v) is 5.69. The lowest BCUT2D eigenvalue weighted by atomic mass is 9.83. The van der Waals surface area contributed by atoms with Crippen molar-refractivity contribution in [3.05, 3.63) is 65.7 Å². The van der Waals surface area contributed by atoms with Gasteiger partial charge in [0, 0.05) is 0 Å². The fraction of sp³-hybridized carbons (Fsp3) is 0.440. The lowest BCUT2D eigenvalue weighted by Crippen LogP contribution is -2.05. The van der Waals surface area contributed by atoms with E-state index < -0.39 is 0 Å². The Hall–Kier alpha value is -1.82. The van der Waals surface area contributed by atoms with Gasteiger partial charge in [-0.2, -0.15) is 0 Å². The Morgan fingerprint density at radius 2 is 1.44 bits per heavy atom. The van der Waals surface area contributed by atoms with E-state index in [0.717, 1.165) is 12.3 Å². The fourth-order valence-corrected chi connectivity index (χ4v) is 3.91. The van der Waals surface area contributed by atoms with Gasteiger partial charge < -0.3 is 0 Å². The number of aryl methyl sites for hydroxylation is 1. The first-order chi connectivity index (χ1) is 12.3. The molecular formula is C25H32. The first-order valence-corrected chi connectivity index (χ1v) is 10.2. The van der Waals surface area contributed by atoms with Gasteiger partial charge >= 0.3 is 0 Å². The Balaban J connectivity index is 1.62. The van der Waals surface area contributed by atoms with Crippen molar-refractivity contribution in [1.82, 2.24) is 0 Å². The molecule has 1 aliphatic rings. The number of benzene rings is 2. The first kappa shape index (κ1) is 18.0. The zero-order valence-electron chi connectivity index (χ0n) is 15.9. The van der Waals surface area contributed by atoms with Crippen LogP contribution in [-0.4, -0.2) is 0 Å². The van der Waals surface area contributed by atoms with Crippen LogP contribution in [-0.2, 0) is 6.42 Å². The lowest BCUT2D eigenvalue weighted by Gasteiger charge is -2.22. The van der Waals surface area contributed by atoms with Crippen molar-refractivity contribution in [3.8, 4) is 11.1 Å². The van der Waals surface area contributed by atoms with E-state index in [1.807, 2.05) is 0 Å². The van der Waals surface area contributed by atoms with Gasteiger partial charge in [0.15, 0.2) is 0 Å². The lowest BCUT2D eigenvalue weighted by molar-refractivity contribution is 0.428. The standard InChI is InChI=1S/C25H32/c1-3-5-6-7-21-10-14-23(15-11-21)25-18-16-24(17-19-25)22-12-8-20(4-2)9-13-22/h8-9,12-14,16-19,21H,3-7,10-11,15H2,1-2H3. The van der Waals surface area contributed by atoms with Crippen molar-refractivity contribution in [2.24, 2.45) is 5.92 Å². The van der Waals surface area contributed by atoms with Crippen LogP contribution in [0.2, 0.25) is 0 Å². The van der Waals surface area contributed by atoms with Gasteiger partial charge in [-0.25, -0.2) is 0 Å². The van der Waals surface area contributed by atoms with Crippen molar-refractivity contribution in [2.75, 3.05) is 0 Å². The quantitative estimate of drug-likeness (QED) is 0.456. The minimum absolute atomic E-state index is 0.923. The maximum absolute atomic E-state index is 2.51. The molecule has 0 aromatic heterocycles. The van der Waals surface area contributed by atoms with E-state index in [4.69, 9.17) is 0 Å². The van der Waals surface area contributed by atoms with Crippen molar-refractivity contribution >= 4 is 5.57 Å². The second-order valence-corrected chi connectivity index (χ2v) is 7.49. The minimum Gasteiger partial charge on any atom is -0.0804 e. The maximum atomic E-state index is 2.51. The van der Waals surface area contributed by atoms with Crippen LogP contribution >= 0.6 is 0 Å². The van der Waals surface area contributed by atoms with E-state index in [0.29, 0.717) is 0 Å². The highest BCUT2D eigenvalue weighted by molar-refractivity contribution is 5.71. The zero-order valence-corrected chi connectivity index (χ0v) is 15.9. The van der Waals surface area contributed by atoms with Crippen molar-refractivity contribution in [1.29, 1.82) is 0 Å². The Morgan fingerprint density at radius 3 is 2.00 bits per heavy atom. The van der Waals surface area contributed by atoms with Gasteiger partial charge in [0.2, 0.25) is 0 Å². The molecule has 2 aromatic carbocycles. The molecule has 0 fully saturated rings. The second-order valence-electron chi connectivity index (χ2n) is 7.49. The van der Waals surface area contributed by atoms with E-state index in [9.17, 15) is 0 Å². The molecule has 1 aliphatic carbocycles. The molecule has 0 nitrogen and oxygen atoms in total. The summed E-state index contributed by atoms with van der Waals surface area (Å²) in [6, 6.07) is 18.2. The van der Waals surface area contributed by atoms with E-state index in [-0.39, 0.29) is 0 Å². The summed E-state index contributed by atoms with van der Waals surface area (Å²) >= 11 is 0. The van der Waals surface area contributed by atoms with Gasteiger partial charge in [0.05, 0.1) is 0 Å². The highest BCUT2D eigenvalue weighted by Crippen LogP contribution is 2.33. The van der Waals surface area contributed by atoms with E-state index >= 15 is 0 Å². The maximum Gasteiger partial charge on any atom is -0.0184 e. The average molecular weight is 333 g/mol. The van der Waals surface area contributed by atoms with Gasteiger partial charge in [0.1, 0.15) is 0 Å². The molecule has 0 spiro atoms. The van der Waals surface area contributed by atoms with Crippen LogP contribution in [0.1, 0.15) is 69.9 Å². The number of unbranched alkanes of at least 4 members (excludes halogenated alkanes) is 2. The number of allylic oxidation sites excluding steroid dienone is 2. The zero-order chi connectivity index (χ0) is 17.5. The summed E-state index contributed by atoms with van der Waals surface area (Å²) in [4.78, 5) is 0. The van der Waals surface area contributed by atoms with Crippen LogP contribution in [0, 0.1) is 5.92 Å². The third-order valence-electron chi connectivity index (χ3n) is 5.69. The van der Waals surface area contributed by atoms with E-state index in [1.165, 1.54) is 67.2 Å². The topological polar surface area (TPSA) is 0 Å². The molecule has 132 valence electrons. The molecule has 25 heavy (non-hydrogen) atoms. The molecule has 3 rings (SSSR count). The molecule has 0 heterocycles. The largest absolute Gasteiger partial charge is 0.0804 e. The summed E-state index contributed by atoms with van der Waals surface area (Å²) in [5, 5.41) is 0. The minimum atomic E-state index is 0.923. The Labute approximate surface area is 154 Å². The normalized spacial score (nSPS) is 17.4. The van der Waals surface area contributed by atoms with Crippen LogP contribution in [0.3, 0.4) is 0 Å². The molecule has 0 aliphatic heterocycles.